The topological polar surface area (TPSA) is 17.1 Å². The zero-order valence-corrected chi connectivity index (χ0v) is 12.0. The first kappa shape index (κ1) is 13.8. The predicted molar refractivity (Wildman–Crippen MR) is 72.9 cm³/mol. The van der Waals surface area contributed by atoms with Gasteiger partial charge in [-0.15, -0.1) is 0 Å². The summed E-state index contributed by atoms with van der Waals surface area (Å²) in [7, 11) is 0. The molecule has 0 aromatic rings. The van der Waals surface area contributed by atoms with Gasteiger partial charge in [0.1, 0.15) is 5.78 Å². The molecule has 2 unspecified atom stereocenters. The molecule has 0 amide bonds. The maximum absolute atomic E-state index is 12.3. The molecule has 0 bridgehead atoms. The van der Waals surface area contributed by atoms with E-state index in [9.17, 15) is 4.79 Å². The Hall–Kier alpha value is -0.240. The Kier molecular flexibility index (Phi) is 4.66. The van der Waals surface area contributed by atoms with Crippen molar-refractivity contribution in [3.8, 4) is 0 Å². The van der Waals surface area contributed by atoms with Gasteiger partial charge in [-0.1, -0.05) is 32.4 Å². The SMILES string of the molecule is CSC(C)CC(=O)C1C(C)=CCCC1(C)C. The Balaban J connectivity index is 2.79. The molecule has 0 aromatic carbocycles. The van der Waals surface area contributed by atoms with Gasteiger partial charge in [0.05, 0.1) is 0 Å². The number of rotatable bonds is 4. The van der Waals surface area contributed by atoms with Crippen LogP contribution in [-0.2, 0) is 4.79 Å². The first-order chi connectivity index (χ1) is 7.38. The Morgan fingerprint density at radius 1 is 1.62 bits per heavy atom. The zero-order chi connectivity index (χ0) is 12.3. The van der Waals surface area contributed by atoms with Gasteiger partial charge in [0, 0.05) is 17.6 Å². The molecule has 0 N–H and O–H groups in total. The Morgan fingerprint density at radius 3 is 2.75 bits per heavy atom. The van der Waals surface area contributed by atoms with Gasteiger partial charge in [-0.05, 0) is 31.4 Å². The minimum atomic E-state index is 0.147. The number of carbonyl (C=O) groups is 1. The summed E-state index contributed by atoms with van der Waals surface area (Å²) in [5.74, 6) is 0.580. The fraction of sp³-hybridized carbons (Fsp3) is 0.786. The van der Waals surface area contributed by atoms with Crippen molar-refractivity contribution in [2.45, 2.75) is 52.2 Å². The molecule has 1 nitrogen and oxygen atoms in total. The predicted octanol–water partition coefficient (Wildman–Crippen LogP) is 4.08. The van der Waals surface area contributed by atoms with Crippen LogP contribution < -0.4 is 0 Å². The van der Waals surface area contributed by atoms with Gasteiger partial charge in [0.15, 0.2) is 0 Å². The second-order valence-electron chi connectivity index (χ2n) is 5.63. The lowest BCUT2D eigenvalue weighted by molar-refractivity contribution is -0.125. The van der Waals surface area contributed by atoms with E-state index in [-0.39, 0.29) is 11.3 Å². The van der Waals surface area contributed by atoms with E-state index in [1.54, 1.807) is 11.8 Å². The second-order valence-corrected chi connectivity index (χ2v) is 6.90. The third kappa shape index (κ3) is 3.13. The molecule has 1 rings (SSSR count). The van der Waals surface area contributed by atoms with Gasteiger partial charge in [0.2, 0.25) is 0 Å². The minimum absolute atomic E-state index is 0.147. The smallest absolute Gasteiger partial charge is 0.141 e. The van der Waals surface area contributed by atoms with Crippen LogP contribution in [0.4, 0.5) is 0 Å². The largest absolute Gasteiger partial charge is 0.299 e. The van der Waals surface area contributed by atoms with Gasteiger partial charge < -0.3 is 0 Å². The van der Waals surface area contributed by atoms with E-state index in [0.717, 1.165) is 12.8 Å². The molecular weight excluding hydrogens is 216 g/mol. The first-order valence-electron chi connectivity index (χ1n) is 6.10. The van der Waals surface area contributed by atoms with Crippen LogP contribution in [0.1, 0.15) is 47.0 Å². The van der Waals surface area contributed by atoms with Crippen LogP contribution in [0.5, 0.6) is 0 Å². The highest BCUT2D eigenvalue weighted by Crippen LogP contribution is 2.42. The van der Waals surface area contributed by atoms with Gasteiger partial charge in [-0.2, -0.15) is 11.8 Å². The molecule has 1 aliphatic rings. The van der Waals surface area contributed by atoms with Crippen LogP contribution in [-0.4, -0.2) is 17.3 Å². The number of thioether (sulfide) groups is 1. The number of allylic oxidation sites excluding steroid dienone is 2. The van der Waals surface area contributed by atoms with Crippen LogP contribution in [0, 0.1) is 11.3 Å². The van der Waals surface area contributed by atoms with Crippen molar-refractivity contribution >= 4 is 17.5 Å². The molecule has 0 radical (unpaired) electrons. The van der Waals surface area contributed by atoms with Gasteiger partial charge in [-0.25, -0.2) is 0 Å². The quantitative estimate of drug-likeness (QED) is 0.689. The maximum Gasteiger partial charge on any atom is 0.141 e. The Bertz CT molecular complexity index is 291. The highest BCUT2D eigenvalue weighted by atomic mass is 32.2. The molecule has 92 valence electrons. The third-order valence-electron chi connectivity index (χ3n) is 3.70. The molecular formula is C14H24OS. The Labute approximate surface area is 104 Å². The van der Waals surface area contributed by atoms with E-state index in [4.69, 9.17) is 0 Å². The summed E-state index contributed by atoms with van der Waals surface area (Å²) < 4.78 is 0. The molecule has 1 aliphatic carbocycles. The molecule has 0 saturated heterocycles. The van der Waals surface area contributed by atoms with Crippen molar-refractivity contribution in [3.63, 3.8) is 0 Å². The van der Waals surface area contributed by atoms with E-state index in [2.05, 4.69) is 40.0 Å². The van der Waals surface area contributed by atoms with Crippen molar-refractivity contribution < 1.29 is 4.79 Å². The van der Waals surface area contributed by atoms with E-state index < -0.39 is 0 Å². The molecule has 0 heterocycles. The zero-order valence-electron chi connectivity index (χ0n) is 11.2. The van der Waals surface area contributed by atoms with Gasteiger partial charge in [-0.3, -0.25) is 4.79 Å². The first-order valence-corrected chi connectivity index (χ1v) is 7.39. The van der Waals surface area contributed by atoms with Crippen molar-refractivity contribution in [1.29, 1.82) is 0 Å². The average Bonchev–Trinajstić information content (AvgIpc) is 2.15. The summed E-state index contributed by atoms with van der Waals surface area (Å²) in [6, 6.07) is 0. The highest BCUT2D eigenvalue weighted by molar-refractivity contribution is 7.99. The van der Waals surface area contributed by atoms with E-state index in [1.165, 1.54) is 5.57 Å². The van der Waals surface area contributed by atoms with E-state index >= 15 is 0 Å². The maximum atomic E-state index is 12.3. The van der Waals surface area contributed by atoms with E-state index in [0.29, 0.717) is 17.5 Å². The fourth-order valence-corrected chi connectivity index (χ4v) is 3.06. The number of ketones is 1. The standard InChI is InChI=1S/C14H24OS/c1-10-7-6-8-14(3,4)13(10)12(15)9-11(2)16-5/h7,11,13H,6,8-9H2,1-5H3. The lowest BCUT2D eigenvalue weighted by Gasteiger charge is -2.37. The molecule has 2 atom stereocenters. The number of Topliss-reactive ketones (excluding diaryl/α,β-unsaturated/α-hetero) is 1. The molecule has 16 heavy (non-hydrogen) atoms. The summed E-state index contributed by atoms with van der Waals surface area (Å²) in [6.45, 7) is 8.72. The summed E-state index contributed by atoms with van der Waals surface area (Å²) in [5.41, 5.74) is 1.43. The summed E-state index contributed by atoms with van der Waals surface area (Å²) in [5, 5.41) is 0.443. The van der Waals surface area contributed by atoms with Crippen molar-refractivity contribution in [3.05, 3.63) is 11.6 Å². The number of carbonyl (C=O) groups excluding carboxylic acids is 1. The second kappa shape index (κ2) is 5.39. The summed E-state index contributed by atoms with van der Waals surface area (Å²) in [4.78, 5) is 12.3. The number of hydrogen-bond donors (Lipinski definition) is 0. The van der Waals surface area contributed by atoms with Crippen LogP contribution in [0.2, 0.25) is 0 Å². The summed E-state index contributed by atoms with van der Waals surface area (Å²) >= 11 is 1.78. The van der Waals surface area contributed by atoms with Gasteiger partial charge >= 0.3 is 0 Å². The highest BCUT2D eigenvalue weighted by Gasteiger charge is 2.37. The molecule has 0 fully saturated rings. The lowest BCUT2D eigenvalue weighted by Crippen LogP contribution is -2.35. The monoisotopic (exact) mass is 240 g/mol. The number of hydrogen-bond acceptors (Lipinski definition) is 2. The lowest BCUT2D eigenvalue weighted by atomic mass is 9.66. The average molecular weight is 240 g/mol. The molecule has 0 aromatic heterocycles. The molecule has 0 aliphatic heterocycles. The van der Waals surface area contributed by atoms with Crippen molar-refractivity contribution in [1.82, 2.24) is 0 Å². The Morgan fingerprint density at radius 2 is 2.25 bits per heavy atom. The van der Waals surface area contributed by atoms with Crippen LogP contribution in [0.3, 0.4) is 0 Å². The normalized spacial score (nSPS) is 26.1. The fourth-order valence-electron chi connectivity index (χ4n) is 2.72. The minimum Gasteiger partial charge on any atom is -0.299 e. The molecule has 0 spiro atoms. The van der Waals surface area contributed by atoms with Crippen LogP contribution in [0.15, 0.2) is 11.6 Å². The van der Waals surface area contributed by atoms with E-state index in [1.807, 2.05) is 0 Å². The van der Waals surface area contributed by atoms with Gasteiger partial charge in [0.25, 0.3) is 0 Å². The third-order valence-corrected chi connectivity index (χ3v) is 4.68. The van der Waals surface area contributed by atoms with Crippen molar-refractivity contribution in [2.75, 3.05) is 6.26 Å². The van der Waals surface area contributed by atoms with Crippen LogP contribution in [0.25, 0.3) is 0 Å². The van der Waals surface area contributed by atoms with Crippen LogP contribution >= 0.6 is 11.8 Å². The molecule has 0 saturated carbocycles. The summed E-state index contributed by atoms with van der Waals surface area (Å²) in [6.07, 6.45) is 7.29. The van der Waals surface area contributed by atoms with Crippen molar-refractivity contribution in [2.24, 2.45) is 11.3 Å². The molecule has 2 heteroatoms.